The van der Waals surface area contributed by atoms with Gasteiger partial charge in [0.2, 0.25) is 0 Å². The first kappa shape index (κ1) is 12.2. The summed E-state index contributed by atoms with van der Waals surface area (Å²) in [7, 11) is 0. The van der Waals surface area contributed by atoms with Gasteiger partial charge in [0.05, 0.1) is 6.10 Å². The molecule has 1 aromatic carbocycles. The maximum Gasteiger partial charge on any atom is 0.0583 e. The van der Waals surface area contributed by atoms with Crippen LogP contribution in [0.25, 0.3) is 0 Å². The molecule has 3 atom stereocenters. The van der Waals surface area contributed by atoms with Gasteiger partial charge in [-0.15, -0.1) is 0 Å². The number of aryl methyl sites for hydroxylation is 2. The largest absolute Gasteiger partial charge is 0.393 e. The van der Waals surface area contributed by atoms with E-state index in [0.29, 0.717) is 5.92 Å². The van der Waals surface area contributed by atoms with Crippen LogP contribution >= 0.6 is 0 Å². The third kappa shape index (κ3) is 2.19. The highest BCUT2D eigenvalue weighted by atomic mass is 16.3. The Morgan fingerprint density at radius 3 is 2.72 bits per heavy atom. The van der Waals surface area contributed by atoms with Gasteiger partial charge in [-0.25, -0.2) is 0 Å². The van der Waals surface area contributed by atoms with Crippen molar-refractivity contribution < 1.29 is 5.11 Å². The summed E-state index contributed by atoms with van der Waals surface area (Å²) in [5, 5.41) is 9.94. The fraction of sp³-hybridized carbons (Fsp3) is 0.625. The zero-order chi connectivity index (χ0) is 12.7. The molecule has 2 aliphatic rings. The summed E-state index contributed by atoms with van der Waals surface area (Å²) in [6.07, 6.45) is 2.20. The molecule has 1 heterocycles. The summed E-state index contributed by atoms with van der Waals surface area (Å²) in [4.78, 5) is 2.52. The van der Waals surface area contributed by atoms with Crippen LogP contribution < -0.4 is 0 Å². The lowest BCUT2D eigenvalue weighted by Crippen LogP contribution is -2.24. The highest BCUT2D eigenvalue weighted by Crippen LogP contribution is 2.38. The van der Waals surface area contributed by atoms with Gasteiger partial charge in [-0.3, -0.25) is 4.90 Å². The maximum atomic E-state index is 9.94. The topological polar surface area (TPSA) is 23.5 Å². The number of aliphatic hydroxyl groups is 1. The molecule has 0 aromatic heterocycles. The Labute approximate surface area is 110 Å². The summed E-state index contributed by atoms with van der Waals surface area (Å²) < 4.78 is 0. The maximum absolute atomic E-state index is 9.94. The predicted molar refractivity (Wildman–Crippen MR) is 73.4 cm³/mol. The Balaban J connectivity index is 1.66. The van der Waals surface area contributed by atoms with Crippen LogP contribution in [-0.4, -0.2) is 29.2 Å². The van der Waals surface area contributed by atoms with Crippen molar-refractivity contribution in [1.82, 2.24) is 4.90 Å². The molecule has 0 bridgehead atoms. The molecule has 3 unspecified atom stereocenters. The van der Waals surface area contributed by atoms with Gasteiger partial charge in [0, 0.05) is 25.6 Å². The monoisotopic (exact) mass is 245 g/mol. The molecule has 1 aliphatic carbocycles. The summed E-state index contributed by atoms with van der Waals surface area (Å²) in [6, 6.07) is 6.77. The summed E-state index contributed by atoms with van der Waals surface area (Å²) in [5.41, 5.74) is 4.16. The van der Waals surface area contributed by atoms with Crippen molar-refractivity contribution in [3.63, 3.8) is 0 Å². The molecule has 0 amide bonds. The molecule has 0 spiro atoms. The smallest absolute Gasteiger partial charge is 0.0583 e. The molecular formula is C16H23NO. The van der Waals surface area contributed by atoms with Gasteiger partial charge in [-0.05, 0) is 49.3 Å². The molecule has 2 nitrogen and oxygen atoms in total. The minimum absolute atomic E-state index is 0.0419. The quantitative estimate of drug-likeness (QED) is 0.865. The number of aliphatic hydroxyl groups excluding tert-OH is 1. The average Bonchev–Trinajstić information content (AvgIpc) is 2.87. The fourth-order valence-electron chi connectivity index (χ4n) is 3.62. The number of benzene rings is 1. The third-order valence-electron chi connectivity index (χ3n) is 4.87. The van der Waals surface area contributed by atoms with E-state index in [1.807, 2.05) is 0 Å². The third-order valence-corrected chi connectivity index (χ3v) is 4.87. The second-order valence-electron chi connectivity index (χ2n) is 6.18. The van der Waals surface area contributed by atoms with E-state index in [2.05, 4.69) is 36.9 Å². The number of nitrogens with zero attached hydrogens (tertiary/aromatic N) is 1. The van der Waals surface area contributed by atoms with Gasteiger partial charge in [0.1, 0.15) is 0 Å². The van der Waals surface area contributed by atoms with Crippen LogP contribution in [0.15, 0.2) is 18.2 Å². The van der Waals surface area contributed by atoms with Crippen molar-refractivity contribution >= 4 is 0 Å². The van der Waals surface area contributed by atoms with Crippen molar-refractivity contribution in [3.8, 4) is 0 Å². The molecule has 0 radical (unpaired) electrons. The second-order valence-corrected chi connectivity index (χ2v) is 6.18. The van der Waals surface area contributed by atoms with E-state index >= 15 is 0 Å². The van der Waals surface area contributed by atoms with E-state index in [1.54, 1.807) is 0 Å². The number of likely N-dealkylation sites (tertiary alicyclic amines) is 1. The van der Waals surface area contributed by atoms with Crippen molar-refractivity contribution in [3.05, 3.63) is 34.9 Å². The van der Waals surface area contributed by atoms with E-state index in [0.717, 1.165) is 25.4 Å². The van der Waals surface area contributed by atoms with E-state index in [4.69, 9.17) is 0 Å². The first-order valence-electron chi connectivity index (χ1n) is 7.10. The zero-order valence-electron chi connectivity index (χ0n) is 11.4. The Kier molecular flexibility index (Phi) is 3.16. The molecule has 3 rings (SSSR count). The second kappa shape index (κ2) is 4.67. The minimum atomic E-state index is -0.0419. The van der Waals surface area contributed by atoms with Gasteiger partial charge < -0.3 is 5.11 Å². The molecule has 1 aromatic rings. The highest BCUT2D eigenvalue weighted by Gasteiger charge is 2.41. The predicted octanol–water partition coefficient (Wildman–Crippen LogP) is 2.51. The van der Waals surface area contributed by atoms with Crippen LogP contribution in [0.2, 0.25) is 0 Å². The van der Waals surface area contributed by atoms with Gasteiger partial charge in [0.15, 0.2) is 0 Å². The molecule has 2 fully saturated rings. The summed E-state index contributed by atoms with van der Waals surface area (Å²) in [6.45, 7) is 7.64. The Morgan fingerprint density at radius 1 is 1.17 bits per heavy atom. The fourth-order valence-corrected chi connectivity index (χ4v) is 3.62. The van der Waals surface area contributed by atoms with E-state index in [1.165, 1.54) is 29.7 Å². The molecule has 1 saturated heterocycles. The lowest BCUT2D eigenvalue weighted by atomic mass is 10.00. The van der Waals surface area contributed by atoms with Crippen LogP contribution in [0.5, 0.6) is 0 Å². The zero-order valence-corrected chi connectivity index (χ0v) is 11.4. The van der Waals surface area contributed by atoms with Gasteiger partial charge in [-0.2, -0.15) is 0 Å². The van der Waals surface area contributed by atoms with Crippen LogP contribution in [0.4, 0.5) is 0 Å². The first-order chi connectivity index (χ1) is 8.63. The van der Waals surface area contributed by atoms with E-state index in [9.17, 15) is 5.11 Å². The van der Waals surface area contributed by atoms with Gasteiger partial charge in [-0.1, -0.05) is 18.2 Å². The van der Waals surface area contributed by atoms with Crippen molar-refractivity contribution in [1.29, 1.82) is 0 Å². The van der Waals surface area contributed by atoms with Crippen molar-refractivity contribution in [2.24, 2.45) is 11.8 Å². The van der Waals surface area contributed by atoms with E-state index in [-0.39, 0.29) is 6.10 Å². The van der Waals surface area contributed by atoms with Crippen molar-refractivity contribution in [2.45, 2.75) is 39.3 Å². The normalized spacial score (nSPS) is 31.8. The molecule has 98 valence electrons. The van der Waals surface area contributed by atoms with E-state index < -0.39 is 0 Å². The molecule has 1 saturated carbocycles. The highest BCUT2D eigenvalue weighted by molar-refractivity contribution is 5.29. The SMILES string of the molecule is Cc1ccc(CN2CC3CCC(O)C3C2)cc1C. The molecule has 2 heteroatoms. The van der Waals surface area contributed by atoms with Crippen molar-refractivity contribution in [2.75, 3.05) is 13.1 Å². The van der Waals surface area contributed by atoms with Gasteiger partial charge >= 0.3 is 0 Å². The number of fused-ring (bicyclic) bond motifs is 1. The van der Waals surface area contributed by atoms with Gasteiger partial charge in [0.25, 0.3) is 0 Å². The average molecular weight is 245 g/mol. The Morgan fingerprint density at radius 2 is 2.00 bits per heavy atom. The van der Waals surface area contributed by atoms with Crippen LogP contribution in [0.1, 0.15) is 29.5 Å². The minimum Gasteiger partial charge on any atom is -0.393 e. The molecule has 18 heavy (non-hydrogen) atoms. The molecule has 1 N–H and O–H groups in total. The van der Waals surface area contributed by atoms with Crippen LogP contribution in [0.3, 0.4) is 0 Å². The lowest BCUT2D eigenvalue weighted by Gasteiger charge is -2.18. The number of hydrogen-bond acceptors (Lipinski definition) is 2. The molecule has 1 aliphatic heterocycles. The Hall–Kier alpha value is -0.860. The Bertz CT molecular complexity index is 443. The number of rotatable bonds is 2. The first-order valence-corrected chi connectivity index (χ1v) is 7.10. The summed E-state index contributed by atoms with van der Waals surface area (Å²) in [5.74, 6) is 1.28. The molecular weight excluding hydrogens is 222 g/mol. The lowest BCUT2D eigenvalue weighted by molar-refractivity contribution is 0.123. The summed E-state index contributed by atoms with van der Waals surface area (Å²) >= 11 is 0. The van der Waals surface area contributed by atoms with Crippen LogP contribution in [0, 0.1) is 25.7 Å². The standard InChI is InChI=1S/C16H23NO/c1-11-3-4-13(7-12(11)2)8-17-9-14-5-6-16(18)15(14)10-17/h3-4,7,14-16,18H,5-6,8-10H2,1-2H3. The van der Waals surface area contributed by atoms with Crippen LogP contribution in [-0.2, 0) is 6.54 Å². The number of hydrogen-bond donors (Lipinski definition) is 1.